The molecule has 1 N–H and O–H groups in total. The molecule has 170 valence electrons. The average Bonchev–Trinajstić information content (AvgIpc) is 3.29. The minimum Gasteiger partial charge on any atom is -0.351 e. The molecule has 5 rings (SSSR count). The molecule has 0 aliphatic carbocycles. The molecule has 1 atom stereocenters. The first kappa shape index (κ1) is 21.9. The number of aryl methyl sites for hydroxylation is 1. The lowest BCUT2D eigenvalue weighted by atomic mass is 9.94. The molecule has 34 heavy (non-hydrogen) atoms. The lowest BCUT2D eigenvalue weighted by Crippen LogP contribution is -2.46. The Morgan fingerprint density at radius 2 is 1.65 bits per heavy atom. The van der Waals surface area contributed by atoms with E-state index in [0.29, 0.717) is 33.5 Å². The fraction of sp³-hybridized carbons (Fsp3) is 0.115. The molecular formula is C26H20F2N4OS. The molecule has 0 bridgehead atoms. The number of rotatable bonds is 4. The van der Waals surface area contributed by atoms with E-state index in [1.165, 1.54) is 24.3 Å². The van der Waals surface area contributed by atoms with Crippen molar-refractivity contribution in [3.8, 4) is 11.4 Å². The van der Waals surface area contributed by atoms with Crippen LogP contribution in [0.1, 0.15) is 30.0 Å². The standard InChI is InChI=1S/C26H20F2N4OS/c1-15-9-11-17(12-10-15)24-30-25(33-31-24)22-16(2)32(21-8-4-7-20(28)14-21)26(34)29-23(22)18-5-3-6-19(27)13-18/h3-14,23H,1-2H3,(H,29,34). The summed E-state index contributed by atoms with van der Waals surface area (Å²) in [5.41, 5.74) is 4.40. The van der Waals surface area contributed by atoms with E-state index in [4.69, 9.17) is 16.7 Å². The summed E-state index contributed by atoms with van der Waals surface area (Å²) in [7, 11) is 0. The molecule has 0 radical (unpaired) electrons. The number of hydrogen-bond donors (Lipinski definition) is 1. The number of thiocarbonyl (C=S) groups is 1. The lowest BCUT2D eigenvalue weighted by Gasteiger charge is -2.37. The maximum atomic E-state index is 14.1. The van der Waals surface area contributed by atoms with E-state index in [1.807, 2.05) is 38.1 Å². The van der Waals surface area contributed by atoms with Crippen LogP contribution in [0.15, 0.2) is 83.0 Å². The number of allylic oxidation sites excluding steroid dienone is 1. The van der Waals surface area contributed by atoms with Crippen LogP contribution in [0.2, 0.25) is 0 Å². The second-order valence-electron chi connectivity index (χ2n) is 8.04. The van der Waals surface area contributed by atoms with Crippen molar-refractivity contribution in [3.05, 3.63) is 107 Å². The lowest BCUT2D eigenvalue weighted by molar-refractivity contribution is 0.404. The van der Waals surface area contributed by atoms with Gasteiger partial charge in [-0.25, -0.2) is 8.78 Å². The van der Waals surface area contributed by atoms with Crippen LogP contribution in [0, 0.1) is 18.6 Å². The zero-order valence-electron chi connectivity index (χ0n) is 18.4. The van der Waals surface area contributed by atoms with Crippen molar-refractivity contribution < 1.29 is 13.3 Å². The average molecular weight is 475 g/mol. The number of aromatic nitrogens is 2. The van der Waals surface area contributed by atoms with Crippen LogP contribution < -0.4 is 10.2 Å². The van der Waals surface area contributed by atoms with E-state index in [0.717, 1.165) is 11.1 Å². The van der Waals surface area contributed by atoms with Gasteiger partial charge in [-0.1, -0.05) is 53.2 Å². The maximum Gasteiger partial charge on any atom is 0.258 e. The summed E-state index contributed by atoms with van der Waals surface area (Å²) in [6, 6.07) is 19.6. The summed E-state index contributed by atoms with van der Waals surface area (Å²) >= 11 is 5.63. The van der Waals surface area contributed by atoms with Gasteiger partial charge in [0.1, 0.15) is 11.6 Å². The van der Waals surface area contributed by atoms with Crippen LogP contribution in [-0.4, -0.2) is 15.3 Å². The van der Waals surface area contributed by atoms with Crippen LogP contribution in [0.25, 0.3) is 17.0 Å². The topological polar surface area (TPSA) is 54.2 Å². The quantitative estimate of drug-likeness (QED) is 0.356. The Morgan fingerprint density at radius 1 is 0.941 bits per heavy atom. The molecule has 5 nitrogen and oxygen atoms in total. The predicted molar refractivity (Wildman–Crippen MR) is 131 cm³/mol. The summed E-state index contributed by atoms with van der Waals surface area (Å²) in [6.07, 6.45) is 0. The highest BCUT2D eigenvalue weighted by Crippen LogP contribution is 2.39. The van der Waals surface area contributed by atoms with E-state index in [-0.39, 0.29) is 17.5 Å². The number of nitrogens with one attached hydrogen (secondary N) is 1. The van der Waals surface area contributed by atoms with Gasteiger partial charge in [0.15, 0.2) is 5.11 Å². The van der Waals surface area contributed by atoms with Crippen LogP contribution >= 0.6 is 12.2 Å². The van der Waals surface area contributed by atoms with Gasteiger partial charge >= 0.3 is 0 Å². The van der Waals surface area contributed by atoms with Gasteiger partial charge in [-0.3, -0.25) is 4.90 Å². The smallest absolute Gasteiger partial charge is 0.258 e. The van der Waals surface area contributed by atoms with Gasteiger partial charge in [-0.2, -0.15) is 4.98 Å². The zero-order valence-corrected chi connectivity index (χ0v) is 19.2. The number of benzene rings is 3. The fourth-order valence-corrected chi connectivity index (χ4v) is 4.40. The maximum absolute atomic E-state index is 14.1. The first-order valence-corrected chi connectivity index (χ1v) is 11.0. The highest BCUT2D eigenvalue weighted by atomic mass is 32.1. The third kappa shape index (κ3) is 4.08. The normalized spacial score (nSPS) is 16.1. The molecule has 0 spiro atoms. The SMILES string of the molecule is CC1=C(c2nc(-c3ccc(C)cc3)no2)C(c2cccc(F)c2)NC(=S)N1c1cccc(F)c1. The number of hydrogen-bond acceptors (Lipinski definition) is 4. The summed E-state index contributed by atoms with van der Waals surface area (Å²) in [4.78, 5) is 6.35. The van der Waals surface area contributed by atoms with Gasteiger partial charge in [0.2, 0.25) is 5.82 Å². The Bertz CT molecular complexity index is 1410. The van der Waals surface area contributed by atoms with Crippen LogP contribution in [0.3, 0.4) is 0 Å². The van der Waals surface area contributed by atoms with Crippen molar-refractivity contribution in [3.63, 3.8) is 0 Å². The molecule has 8 heteroatoms. The van der Waals surface area contributed by atoms with Gasteiger partial charge in [0.25, 0.3) is 5.89 Å². The van der Waals surface area contributed by atoms with Gasteiger partial charge < -0.3 is 9.84 Å². The van der Waals surface area contributed by atoms with Crippen molar-refractivity contribution in [2.75, 3.05) is 4.90 Å². The fourth-order valence-electron chi connectivity index (χ4n) is 4.04. The molecule has 1 unspecified atom stereocenters. The van der Waals surface area contributed by atoms with Crippen molar-refractivity contribution >= 4 is 28.6 Å². The van der Waals surface area contributed by atoms with E-state index in [9.17, 15) is 8.78 Å². The van der Waals surface area contributed by atoms with Gasteiger partial charge in [0.05, 0.1) is 17.3 Å². The van der Waals surface area contributed by atoms with Crippen molar-refractivity contribution in [1.82, 2.24) is 15.5 Å². The summed E-state index contributed by atoms with van der Waals surface area (Å²) in [5.74, 6) is -0.0699. The molecule has 1 aliphatic heterocycles. The minimum absolute atomic E-state index is 0.263. The van der Waals surface area contributed by atoms with E-state index >= 15 is 0 Å². The van der Waals surface area contributed by atoms with Gasteiger partial charge in [0, 0.05) is 11.3 Å². The first-order chi connectivity index (χ1) is 16.4. The number of anilines is 1. The Kier molecular flexibility index (Phi) is 5.67. The molecule has 0 fully saturated rings. The van der Waals surface area contributed by atoms with E-state index < -0.39 is 6.04 Å². The van der Waals surface area contributed by atoms with Crippen LogP contribution in [0.4, 0.5) is 14.5 Å². The molecule has 0 saturated carbocycles. The highest BCUT2D eigenvalue weighted by molar-refractivity contribution is 7.80. The van der Waals surface area contributed by atoms with Crippen molar-refractivity contribution in [2.24, 2.45) is 0 Å². The van der Waals surface area contributed by atoms with E-state index in [1.54, 1.807) is 29.2 Å². The highest BCUT2D eigenvalue weighted by Gasteiger charge is 2.35. The van der Waals surface area contributed by atoms with E-state index in [2.05, 4.69) is 15.5 Å². The molecule has 4 aromatic rings. The Hall–Kier alpha value is -3.91. The Morgan fingerprint density at radius 3 is 2.35 bits per heavy atom. The molecule has 1 aromatic heterocycles. The molecule has 0 amide bonds. The first-order valence-electron chi connectivity index (χ1n) is 10.6. The molecule has 2 heterocycles. The summed E-state index contributed by atoms with van der Waals surface area (Å²) in [6.45, 7) is 3.84. The van der Waals surface area contributed by atoms with Crippen molar-refractivity contribution in [2.45, 2.75) is 19.9 Å². The Labute approximate surface area is 200 Å². The molecule has 1 aliphatic rings. The summed E-state index contributed by atoms with van der Waals surface area (Å²) in [5, 5.41) is 7.76. The second kappa shape index (κ2) is 8.79. The van der Waals surface area contributed by atoms with Crippen molar-refractivity contribution in [1.29, 1.82) is 0 Å². The predicted octanol–water partition coefficient (Wildman–Crippen LogP) is 6.19. The molecule has 3 aromatic carbocycles. The monoisotopic (exact) mass is 474 g/mol. The molecule has 0 saturated heterocycles. The number of halogens is 2. The number of nitrogens with zero attached hydrogens (tertiary/aromatic N) is 3. The van der Waals surface area contributed by atoms with Gasteiger partial charge in [-0.05, 0) is 62.0 Å². The van der Waals surface area contributed by atoms with Crippen LogP contribution in [-0.2, 0) is 0 Å². The third-order valence-electron chi connectivity index (χ3n) is 5.70. The van der Waals surface area contributed by atoms with Gasteiger partial charge in [-0.15, -0.1) is 0 Å². The van der Waals surface area contributed by atoms with Crippen LogP contribution in [0.5, 0.6) is 0 Å². The Balaban J connectivity index is 1.66. The largest absolute Gasteiger partial charge is 0.351 e. The zero-order chi connectivity index (χ0) is 23.8. The summed E-state index contributed by atoms with van der Waals surface area (Å²) < 4.78 is 33.8. The minimum atomic E-state index is -0.542. The molecular weight excluding hydrogens is 454 g/mol. The second-order valence-corrected chi connectivity index (χ2v) is 8.43. The third-order valence-corrected chi connectivity index (χ3v) is 6.00.